The zero-order chi connectivity index (χ0) is 13.7. The number of hydrogen-bond acceptors (Lipinski definition) is 4. The van der Waals surface area contributed by atoms with E-state index in [2.05, 4.69) is 33.2 Å². The van der Waals surface area contributed by atoms with Gasteiger partial charge in [0, 0.05) is 17.2 Å². The lowest BCUT2D eigenvalue weighted by atomic mass is 10.3. The van der Waals surface area contributed by atoms with E-state index in [1.54, 1.807) is 11.3 Å². The van der Waals surface area contributed by atoms with Gasteiger partial charge in [-0.15, -0.1) is 0 Å². The van der Waals surface area contributed by atoms with Crippen molar-refractivity contribution in [2.45, 2.75) is 20.0 Å². The minimum absolute atomic E-state index is 0.474. The van der Waals surface area contributed by atoms with Crippen LogP contribution in [0.3, 0.4) is 0 Å². The number of anilines is 1. The fourth-order valence-corrected chi connectivity index (χ4v) is 2.69. The number of thiazole rings is 1. The van der Waals surface area contributed by atoms with Crippen LogP contribution in [0, 0.1) is 0 Å². The van der Waals surface area contributed by atoms with Crippen LogP contribution < -0.4 is 10.1 Å². The predicted octanol–water partition coefficient (Wildman–Crippen LogP) is 4.96. The topological polar surface area (TPSA) is 34.2 Å². The minimum atomic E-state index is 0.474. The summed E-state index contributed by atoms with van der Waals surface area (Å²) in [6, 6.07) is 5.55. The molecule has 3 nitrogen and oxygen atoms in total. The van der Waals surface area contributed by atoms with E-state index in [9.17, 15) is 0 Å². The van der Waals surface area contributed by atoms with Crippen LogP contribution in [0.2, 0.25) is 5.02 Å². The van der Waals surface area contributed by atoms with Crippen LogP contribution in [0.5, 0.6) is 5.75 Å². The maximum atomic E-state index is 6.07. The fraction of sp³-hybridized carbons (Fsp3) is 0.308. The standard InChI is InChI=1S/C13H14BrClN2OS/c1-2-5-16-13-17-7-10(19-13)8-18-12-6-9(14)3-4-11(12)15/h3-4,6-7H,2,5,8H2,1H3,(H,16,17). The Balaban J connectivity index is 1.94. The Kier molecular flexibility index (Phi) is 5.48. The van der Waals surface area contributed by atoms with E-state index in [1.807, 2.05) is 24.4 Å². The number of aromatic nitrogens is 1. The highest BCUT2D eigenvalue weighted by atomic mass is 79.9. The lowest BCUT2D eigenvalue weighted by Gasteiger charge is -2.06. The van der Waals surface area contributed by atoms with E-state index < -0.39 is 0 Å². The summed E-state index contributed by atoms with van der Waals surface area (Å²) >= 11 is 11.1. The van der Waals surface area contributed by atoms with Crippen molar-refractivity contribution in [3.63, 3.8) is 0 Å². The van der Waals surface area contributed by atoms with E-state index in [-0.39, 0.29) is 0 Å². The van der Waals surface area contributed by atoms with Gasteiger partial charge in [0.1, 0.15) is 12.4 Å². The Morgan fingerprint density at radius 3 is 3.11 bits per heavy atom. The van der Waals surface area contributed by atoms with Gasteiger partial charge < -0.3 is 10.1 Å². The quantitative estimate of drug-likeness (QED) is 0.789. The van der Waals surface area contributed by atoms with Crippen molar-refractivity contribution in [3.05, 3.63) is 38.8 Å². The monoisotopic (exact) mass is 360 g/mol. The van der Waals surface area contributed by atoms with Crippen molar-refractivity contribution in [2.24, 2.45) is 0 Å². The summed E-state index contributed by atoms with van der Waals surface area (Å²) < 4.78 is 6.65. The molecular formula is C13H14BrClN2OS. The Hall–Kier alpha value is -0.780. The summed E-state index contributed by atoms with van der Waals surface area (Å²) in [6.45, 7) is 3.53. The lowest BCUT2D eigenvalue weighted by Crippen LogP contribution is -1.97. The highest BCUT2D eigenvalue weighted by Crippen LogP contribution is 2.29. The summed E-state index contributed by atoms with van der Waals surface area (Å²) in [7, 11) is 0. The van der Waals surface area contributed by atoms with Gasteiger partial charge in [0.2, 0.25) is 0 Å². The first-order chi connectivity index (χ1) is 9.19. The summed E-state index contributed by atoms with van der Waals surface area (Å²) in [4.78, 5) is 5.36. The molecule has 1 aromatic heterocycles. The lowest BCUT2D eigenvalue weighted by molar-refractivity contribution is 0.309. The highest BCUT2D eigenvalue weighted by Gasteiger charge is 2.05. The van der Waals surface area contributed by atoms with Crippen molar-refractivity contribution in [3.8, 4) is 5.75 Å². The van der Waals surface area contributed by atoms with Crippen LogP contribution in [0.4, 0.5) is 5.13 Å². The van der Waals surface area contributed by atoms with Gasteiger partial charge in [0.25, 0.3) is 0 Å². The summed E-state index contributed by atoms with van der Waals surface area (Å²) in [6.07, 6.45) is 2.91. The molecular weight excluding hydrogens is 348 g/mol. The molecule has 0 unspecified atom stereocenters. The molecule has 6 heteroatoms. The second kappa shape index (κ2) is 7.12. The molecule has 0 aliphatic rings. The Bertz CT molecular complexity index is 547. The third-order valence-electron chi connectivity index (χ3n) is 2.34. The number of nitrogens with zero attached hydrogens (tertiary/aromatic N) is 1. The number of benzene rings is 1. The highest BCUT2D eigenvalue weighted by molar-refractivity contribution is 9.10. The third kappa shape index (κ3) is 4.37. The average molecular weight is 362 g/mol. The molecule has 0 atom stereocenters. The molecule has 1 heterocycles. The molecule has 0 aliphatic carbocycles. The molecule has 0 saturated heterocycles. The van der Waals surface area contributed by atoms with Crippen LogP contribution in [0.1, 0.15) is 18.2 Å². The third-order valence-corrected chi connectivity index (χ3v) is 4.08. The number of nitrogens with one attached hydrogen (secondary N) is 1. The van der Waals surface area contributed by atoms with E-state index in [4.69, 9.17) is 16.3 Å². The second-order valence-corrected chi connectivity index (χ2v) is 6.36. The zero-order valence-electron chi connectivity index (χ0n) is 10.5. The molecule has 2 rings (SSSR count). The van der Waals surface area contributed by atoms with E-state index >= 15 is 0 Å². The van der Waals surface area contributed by atoms with E-state index in [0.29, 0.717) is 17.4 Å². The number of hydrogen-bond donors (Lipinski definition) is 1. The first-order valence-corrected chi connectivity index (χ1v) is 7.94. The van der Waals surface area contributed by atoms with Gasteiger partial charge in [-0.25, -0.2) is 4.98 Å². The first kappa shape index (κ1) is 14.6. The van der Waals surface area contributed by atoms with Crippen molar-refractivity contribution < 1.29 is 4.74 Å². The van der Waals surface area contributed by atoms with Gasteiger partial charge in [-0.2, -0.15) is 0 Å². The molecule has 102 valence electrons. The molecule has 1 aromatic carbocycles. The average Bonchev–Trinajstić information content (AvgIpc) is 2.85. The molecule has 0 radical (unpaired) electrons. The molecule has 0 bridgehead atoms. The summed E-state index contributed by atoms with van der Waals surface area (Å²) in [5.74, 6) is 0.674. The second-order valence-electron chi connectivity index (χ2n) is 3.92. The van der Waals surface area contributed by atoms with Gasteiger partial charge in [-0.3, -0.25) is 0 Å². The Morgan fingerprint density at radius 2 is 2.32 bits per heavy atom. The van der Waals surface area contributed by atoms with Crippen molar-refractivity contribution in [1.82, 2.24) is 4.98 Å². The molecule has 0 saturated carbocycles. The van der Waals surface area contributed by atoms with Crippen LogP contribution >= 0.6 is 38.9 Å². The van der Waals surface area contributed by atoms with E-state index in [0.717, 1.165) is 27.4 Å². The molecule has 2 aromatic rings. The van der Waals surface area contributed by atoms with Crippen LogP contribution in [-0.4, -0.2) is 11.5 Å². The van der Waals surface area contributed by atoms with Gasteiger partial charge >= 0.3 is 0 Å². The zero-order valence-corrected chi connectivity index (χ0v) is 13.6. The van der Waals surface area contributed by atoms with Gasteiger partial charge in [-0.1, -0.05) is 45.8 Å². The maximum absolute atomic E-state index is 6.07. The van der Waals surface area contributed by atoms with Gasteiger partial charge in [-0.05, 0) is 24.6 Å². The number of halogens is 2. The smallest absolute Gasteiger partial charge is 0.182 e. The van der Waals surface area contributed by atoms with Crippen molar-refractivity contribution >= 4 is 44.0 Å². The SMILES string of the molecule is CCCNc1ncc(COc2cc(Br)ccc2Cl)s1. The van der Waals surface area contributed by atoms with Crippen LogP contribution in [0.25, 0.3) is 0 Å². The van der Waals surface area contributed by atoms with Gasteiger partial charge in [0.15, 0.2) is 5.13 Å². The molecule has 1 N–H and O–H groups in total. The van der Waals surface area contributed by atoms with Crippen molar-refractivity contribution in [2.75, 3.05) is 11.9 Å². The molecule has 0 amide bonds. The number of ether oxygens (including phenoxy) is 1. The Labute approximate surface area is 130 Å². The van der Waals surface area contributed by atoms with Crippen molar-refractivity contribution in [1.29, 1.82) is 0 Å². The minimum Gasteiger partial charge on any atom is -0.486 e. The predicted molar refractivity (Wildman–Crippen MR) is 84.4 cm³/mol. The molecule has 0 spiro atoms. The van der Waals surface area contributed by atoms with Crippen LogP contribution in [0.15, 0.2) is 28.9 Å². The molecule has 19 heavy (non-hydrogen) atoms. The normalized spacial score (nSPS) is 10.5. The molecule has 0 aliphatic heterocycles. The van der Waals surface area contributed by atoms with Crippen LogP contribution in [-0.2, 0) is 6.61 Å². The Morgan fingerprint density at radius 1 is 1.47 bits per heavy atom. The number of rotatable bonds is 6. The maximum Gasteiger partial charge on any atom is 0.182 e. The van der Waals surface area contributed by atoms with E-state index in [1.165, 1.54) is 0 Å². The van der Waals surface area contributed by atoms with Gasteiger partial charge in [0.05, 0.1) is 9.90 Å². The largest absolute Gasteiger partial charge is 0.486 e. The summed E-state index contributed by atoms with van der Waals surface area (Å²) in [5.41, 5.74) is 0. The summed E-state index contributed by atoms with van der Waals surface area (Å²) in [5, 5.41) is 4.79. The fourth-order valence-electron chi connectivity index (χ4n) is 1.42. The first-order valence-electron chi connectivity index (χ1n) is 5.95. The molecule has 0 fully saturated rings.